The molecule has 1 fully saturated rings. The van der Waals surface area contributed by atoms with Crippen LogP contribution in [0, 0.1) is 6.92 Å². The SMILES string of the molecule is CN=C(NCCNC(=O)c1cccc(C)c1)NCC1(c2ccccc2)CC1. The number of carbonyl (C=O) groups excluding carboxylic acids is 1. The Kier molecular flexibility index (Phi) is 6.12. The minimum absolute atomic E-state index is 0.0514. The maximum absolute atomic E-state index is 12.1. The summed E-state index contributed by atoms with van der Waals surface area (Å²) < 4.78 is 0. The van der Waals surface area contributed by atoms with Gasteiger partial charge in [-0.15, -0.1) is 0 Å². The normalized spacial score (nSPS) is 15.1. The van der Waals surface area contributed by atoms with Crippen LogP contribution in [0.15, 0.2) is 59.6 Å². The van der Waals surface area contributed by atoms with Crippen LogP contribution in [-0.4, -0.2) is 38.5 Å². The van der Waals surface area contributed by atoms with Crippen molar-refractivity contribution < 1.29 is 4.79 Å². The van der Waals surface area contributed by atoms with Gasteiger partial charge in [0.15, 0.2) is 5.96 Å². The summed E-state index contributed by atoms with van der Waals surface area (Å²) in [6.45, 7) is 4.01. The van der Waals surface area contributed by atoms with Crippen LogP contribution < -0.4 is 16.0 Å². The molecule has 1 aliphatic rings. The molecule has 0 spiro atoms. The molecule has 1 amide bonds. The van der Waals surface area contributed by atoms with Crippen LogP contribution in [0.3, 0.4) is 0 Å². The summed E-state index contributed by atoms with van der Waals surface area (Å²) in [6.07, 6.45) is 2.40. The predicted octanol–water partition coefficient (Wildman–Crippen LogP) is 2.62. The zero-order chi connectivity index (χ0) is 19.1. The number of hydrogen-bond donors (Lipinski definition) is 3. The molecule has 3 N–H and O–H groups in total. The number of nitrogens with zero attached hydrogens (tertiary/aromatic N) is 1. The molecular weight excluding hydrogens is 336 g/mol. The lowest BCUT2D eigenvalue weighted by Crippen LogP contribution is -2.44. The molecule has 5 nitrogen and oxygen atoms in total. The van der Waals surface area contributed by atoms with E-state index in [-0.39, 0.29) is 11.3 Å². The Bertz CT molecular complexity index is 797. The largest absolute Gasteiger partial charge is 0.356 e. The molecule has 0 unspecified atom stereocenters. The van der Waals surface area contributed by atoms with E-state index < -0.39 is 0 Å². The first-order valence-electron chi connectivity index (χ1n) is 9.48. The Morgan fingerprint density at radius 3 is 2.41 bits per heavy atom. The zero-order valence-electron chi connectivity index (χ0n) is 16.1. The maximum Gasteiger partial charge on any atom is 0.251 e. The Hall–Kier alpha value is -2.82. The van der Waals surface area contributed by atoms with Crippen molar-refractivity contribution in [1.29, 1.82) is 0 Å². The van der Waals surface area contributed by atoms with Crippen molar-refractivity contribution in [3.05, 3.63) is 71.3 Å². The quantitative estimate of drug-likeness (QED) is 0.402. The average Bonchev–Trinajstić information content (AvgIpc) is 3.49. The van der Waals surface area contributed by atoms with Gasteiger partial charge in [-0.3, -0.25) is 9.79 Å². The van der Waals surface area contributed by atoms with Gasteiger partial charge in [-0.25, -0.2) is 0 Å². The van der Waals surface area contributed by atoms with E-state index in [4.69, 9.17) is 0 Å². The fraction of sp³-hybridized carbons (Fsp3) is 0.364. The van der Waals surface area contributed by atoms with Crippen molar-refractivity contribution in [3.63, 3.8) is 0 Å². The molecule has 27 heavy (non-hydrogen) atoms. The van der Waals surface area contributed by atoms with Crippen molar-refractivity contribution in [2.75, 3.05) is 26.7 Å². The number of aliphatic imine (C=N–C) groups is 1. The summed E-state index contributed by atoms with van der Waals surface area (Å²) in [5, 5.41) is 9.62. The molecule has 3 rings (SSSR count). The highest BCUT2D eigenvalue weighted by molar-refractivity contribution is 5.94. The van der Waals surface area contributed by atoms with E-state index in [0.29, 0.717) is 18.7 Å². The van der Waals surface area contributed by atoms with E-state index >= 15 is 0 Å². The van der Waals surface area contributed by atoms with Crippen LogP contribution in [0.5, 0.6) is 0 Å². The Balaban J connectivity index is 1.40. The highest BCUT2D eigenvalue weighted by Gasteiger charge is 2.43. The Labute approximate surface area is 161 Å². The van der Waals surface area contributed by atoms with Crippen molar-refractivity contribution in [3.8, 4) is 0 Å². The van der Waals surface area contributed by atoms with Gasteiger partial charge in [0.2, 0.25) is 0 Å². The number of aryl methyl sites for hydroxylation is 1. The van der Waals surface area contributed by atoms with Crippen LogP contribution in [0.25, 0.3) is 0 Å². The monoisotopic (exact) mass is 364 g/mol. The highest BCUT2D eigenvalue weighted by atomic mass is 16.1. The van der Waals surface area contributed by atoms with Crippen molar-refractivity contribution in [2.45, 2.75) is 25.2 Å². The van der Waals surface area contributed by atoms with Crippen molar-refractivity contribution in [2.24, 2.45) is 4.99 Å². The number of guanidine groups is 1. The van der Waals surface area contributed by atoms with Crippen molar-refractivity contribution in [1.82, 2.24) is 16.0 Å². The van der Waals surface area contributed by atoms with Crippen LogP contribution in [-0.2, 0) is 5.41 Å². The molecule has 0 radical (unpaired) electrons. The van der Waals surface area contributed by atoms with Gasteiger partial charge in [-0.2, -0.15) is 0 Å². The minimum atomic E-state index is -0.0514. The van der Waals surface area contributed by atoms with E-state index in [1.54, 1.807) is 7.05 Å². The summed E-state index contributed by atoms with van der Waals surface area (Å²) in [4.78, 5) is 16.4. The second-order valence-electron chi connectivity index (χ2n) is 7.12. The molecule has 0 saturated heterocycles. The van der Waals surface area contributed by atoms with Crippen LogP contribution >= 0.6 is 0 Å². The number of rotatable bonds is 7. The smallest absolute Gasteiger partial charge is 0.251 e. The van der Waals surface area contributed by atoms with E-state index in [1.165, 1.54) is 18.4 Å². The highest BCUT2D eigenvalue weighted by Crippen LogP contribution is 2.47. The first kappa shape index (κ1) is 19.0. The van der Waals surface area contributed by atoms with Gasteiger partial charge in [0, 0.05) is 37.7 Å². The lowest BCUT2D eigenvalue weighted by Gasteiger charge is -2.19. The number of benzene rings is 2. The van der Waals surface area contributed by atoms with Gasteiger partial charge in [0.25, 0.3) is 5.91 Å². The number of carbonyl (C=O) groups is 1. The van der Waals surface area contributed by atoms with E-state index in [0.717, 1.165) is 18.1 Å². The summed E-state index contributed by atoms with van der Waals surface area (Å²) in [7, 11) is 1.77. The Morgan fingerprint density at radius 1 is 1.00 bits per heavy atom. The molecule has 142 valence electrons. The topological polar surface area (TPSA) is 65.5 Å². The van der Waals surface area contributed by atoms with Gasteiger partial charge >= 0.3 is 0 Å². The molecule has 0 aromatic heterocycles. The van der Waals surface area contributed by atoms with Gasteiger partial charge in [-0.05, 0) is 37.5 Å². The lowest BCUT2D eigenvalue weighted by atomic mass is 9.96. The molecule has 1 saturated carbocycles. The molecule has 0 atom stereocenters. The van der Waals surface area contributed by atoms with Gasteiger partial charge in [-0.1, -0.05) is 48.0 Å². The maximum atomic E-state index is 12.1. The first-order valence-corrected chi connectivity index (χ1v) is 9.48. The Morgan fingerprint density at radius 2 is 1.74 bits per heavy atom. The summed E-state index contributed by atoms with van der Waals surface area (Å²) in [5.41, 5.74) is 3.39. The zero-order valence-corrected chi connectivity index (χ0v) is 16.1. The molecule has 5 heteroatoms. The number of hydrogen-bond acceptors (Lipinski definition) is 2. The predicted molar refractivity (Wildman–Crippen MR) is 110 cm³/mol. The van der Waals surface area contributed by atoms with Crippen molar-refractivity contribution >= 4 is 11.9 Å². The van der Waals surface area contributed by atoms with E-state index in [1.807, 2.05) is 31.2 Å². The fourth-order valence-corrected chi connectivity index (χ4v) is 3.23. The average molecular weight is 364 g/mol. The van der Waals surface area contributed by atoms with Crippen LogP contribution in [0.1, 0.15) is 34.3 Å². The van der Waals surface area contributed by atoms with Crippen LogP contribution in [0.4, 0.5) is 0 Å². The fourth-order valence-electron chi connectivity index (χ4n) is 3.23. The first-order chi connectivity index (χ1) is 13.1. The third kappa shape index (κ3) is 5.09. The lowest BCUT2D eigenvalue weighted by molar-refractivity contribution is 0.0954. The third-order valence-corrected chi connectivity index (χ3v) is 5.04. The molecule has 0 aliphatic heterocycles. The van der Waals surface area contributed by atoms with E-state index in [2.05, 4.69) is 51.3 Å². The molecule has 2 aromatic carbocycles. The number of amides is 1. The van der Waals surface area contributed by atoms with Gasteiger partial charge in [0.1, 0.15) is 0 Å². The summed E-state index contributed by atoms with van der Waals surface area (Å²) in [5.74, 6) is 0.714. The third-order valence-electron chi connectivity index (χ3n) is 5.04. The standard InChI is InChI=1S/C22H28N4O/c1-17-7-6-8-18(15-17)20(27)24-13-14-25-21(23-2)26-16-22(11-12-22)19-9-4-3-5-10-19/h3-10,15H,11-14,16H2,1-2H3,(H,24,27)(H2,23,25,26). The van der Waals surface area contributed by atoms with Crippen LogP contribution in [0.2, 0.25) is 0 Å². The molecule has 0 bridgehead atoms. The van der Waals surface area contributed by atoms with Gasteiger partial charge in [0.05, 0.1) is 0 Å². The minimum Gasteiger partial charge on any atom is -0.356 e. The molecule has 0 heterocycles. The molecule has 2 aromatic rings. The number of nitrogens with one attached hydrogen (secondary N) is 3. The molecular formula is C22H28N4O. The van der Waals surface area contributed by atoms with E-state index in [9.17, 15) is 4.79 Å². The van der Waals surface area contributed by atoms with Gasteiger partial charge < -0.3 is 16.0 Å². The molecule has 1 aliphatic carbocycles. The summed E-state index contributed by atoms with van der Waals surface area (Å²) >= 11 is 0. The second kappa shape index (κ2) is 8.71. The summed E-state index contributed by atoms with van der Waals surface area (Å²) in [6, 6.07) is 18.2. The second-order valence-corrected chi connectivity index (χ2v) is 7.12.